The predicted molar refractivity (Wildman–Crippen MR) is 89.4 cm³/mol. The number of hydrogen-bond acceptors (Lipinski definition) is 3. The summed E-state index contributed by atoms with van der Waals surface area (Å²) in [5.74, 6) is 0.843. The van der Waals surface area contributed by atoms with E-state index in [4.69, 9.17) is 10.5 Å². The maximum absolute atomic E-state index is 6.27. The number of piperidine rings is 1. The second-order valence-corrected chi connectivity index (χ2v) is 8.75. The number of rotatable bonds is 3. The zero-order chi connectivity index (χ0) is 15.7. The third kappa shape index (κ3) is 3.62. The van der Waals surface area contributed by atoms with E-state index in [1.165, 1.54) is 45.1 Å². The van der Waals surface area contributed by atoms with Gasteiger partial charge in [0.1, 0.15) is 0 Å². The number of nitrogens with two attached hydrogens (primary N) is 1. The molecule has 0 aromatic carbocycles. The van der Waals surface area contributed by atoms with Crippen molar-refractivity contribution in [3.8, 4) is 0 Å². The third-order valence-electron chi connectivity index (χ3n) is 6.34. The molecule has 1 saturated heterocycles. The highest BCUT2D eigenvalue weighted by Gasteiger charge is 2.45. The van der Waals surface area contributed by atoms with Gasteiger partial charge in [-0.15, -0.1) is 0 Å². The molecule has 0 bridgehead atoms. The first-order valence-corrected chi connectivity index (χ1v) is 8.75. The average molecular weight is 296 g/mol. The molecular formula is C18H36N2O. The van der Waals surface area contributed by atoms with Crippen LogP contribution in [0.5, 0.6) is 0 Å². The molecule has 0 aromatic heterocycles. The fraction of sp³-hybridized carbons (Fsp3) is 1.00. The standard InChI is InChI=1S/C18H36N2O/c1-16(2,3)15-7-10-18(13-19,11-8-15)20-12-6-9-17(4,14-20)21-5/h15H,6-14,19H2,1-5H3. The molecule has 2 N–H and O–H groups in total. The fourth-order valence-electron chi connectivity index (χ4n) is 4.45. The summed E-state index contributed by atoms with van der Waals surface area (Å²) in [7, 11) is 1.86. The molecule has 0 radical (unpaired) electrons. The van der Waals surface area contributed by atoms with Gasteiger partial charge in [-0.05, 0) is 63.3 Å². The highest BCUT2D eigenvalue weighted by atomic mass is 16.5. The molecule has 2 rings (SSSR count). The van der Waals surface area contributed by atoms with Crippen LogP contribution >= 0.6 is 0 Å². The van der Waals surface area contributed by atoms with Crippen molar-refractivity contribution in [3.63, 3.8) is 0 Å². The number of likely N-dealkylation sites (tertiary alicyclic amines) is 1. The van der Waals surface area contributed by atoms with Crippen LogP contribution in [0, 0.1) is 11.3 Å². The Hall–Kier alpha value is -0.120. The molecule has 124 valence electrons. The number of ether oxygens (including phenoxy) is 1. The Morgan fingerprint density at radius 1 is 1.19 bits per heavy atom. The van der Waals surface area contributed by atoms with E-state index in [9.17, 15) is 0 Å². The quantitative estimate of drug-likeness (QED) is 0.867. The minimum absolute atomic E-state index is 0.0152. The van der Waals surface area contributed by atoms with Gasteiger partial charge in [0.2, 0.25) is 0 Å². The number of nitrogens with zero attached hydrogens (tertiary/aromatic N) is 1. The zero-order valence-corrected chi connectivity index (χ0v) is 14.9. The van der Waals surface area contributed by atoms with E-state index in [1.54, 1.807) is 0 Å². The van der Waals surface area contributed by atoms with Crippen molar-refractivity contribution in [1.29, 1.82) is 0 Å². The number of methoxy groups -OCH3 is 1. The SMILES string of the molecule is COC1(C)CCCN(C2(CN)CCC(C(C)(C)C)CC2)C1. The second-order valence-electron chi connectivity index (χ2n) is 8.75. The molecular weight excluding hydrogens is 260 g/mol. The first-order chi connectivity index (χ1) is 9.75. The van der Waals surface area contributed by atoms with E-state index in [-0.39, 0.29) is 11.1 Å². The second kappa shape index (κ2) is 6.17. The van der Waals surface area contributed by atoms with Crippen molar-refractivity contribution in [2.75, 3.05) is 26.7 Å². The monoisotopic (exact) mass is 296 g/mol. The van der Waals surface area contributed by atoms with E-state index < -0.39 is 0 Å². The highest BCUT2D eigenvalue weighted by Crippen LogP contribution is 2.44. The first kappa shape index (κ1) is 17.2. The van der Waals surface area contributed by atoms with Crippen LogP contribution in [0.4, 0.5) is 0 Å². The van der Waals surface area contributed by atoms with Crippen LogP contribution in [-0.4, -0.2) is 42.8 Å². The van der Waals surface area contributed by atoms with Gasteiger partial charge in [0.25, 0.3) is 0 Å². The molecule has 0 aromatic rings. The molecule has 1 atom stereocenters. The van der Waals surface area contributed by atoms with Crippen molar-refractivity contribution in [1.82, 2.24) is 4.90 Å². The minimum Gasteiger partial charge on any atom is -0.377 e. The lowest BCUT2D eigenvalue weighted by atomic mass is 9.66. The van der Waals surface area contributed by atoms with E-state index in [0.717, 1.165) is 19.0 Å². The Bertz CT molecular complexity index is 342. The van der Waals surface area contributed by atoms with Crippen molar-refractivity contribution in [2.45, 2.75) is 77.4 Å². The molecule has 1 unspecified atom stereocenters. The van der Waals surface area contributed by atoms with Crippen LogP contribution in [0.1, 0.15) is 66.2 Å². The lowest BCUT2D eigenvalue weighted by Crippen LogP contribution is -2.62. The Morgan fingerprint density at radius 3 is 2.29 bits per heavy atom. The van der Waals surface area contributed by atoms with E-state index in [2.05, 4.69) is 32.6 Å². The lowest BCUT2D eigenvalue weighted by molar-refractivity contribution is -0.0922. The Kier molecular flexibility index (Phi) is 5.07. The van der Waals surface area contributed by atoms with E-state index in [0.29, 0.717) is 5.41 Å². The molecule has 21 heavy (non-hydrogen) atoms. The largest absolute Gasteiger partial charge is 0.377 e. The van der Waals surface area contributed by atoms with Gasteiger partial charge in [-0.2, -0.15) is 0 Å². The molecule has 0 spiro atoms. The maximum atomic E-state index is 6.27. The summed E-state index contributed by atoms with van der Waals surface area (Å²) in [4.78, 5) is 2.67. The molecule has 3 heteroatoms. The van der Waals surface area contributed by atoms with Gasteiger partial charge in [0.05, 0.1) is 5.60 Å². The Labute approximate surface area is 131 Å². The van der Waals surface area contributed by atoms with Crippen LogP contribution in [0.15, 0.2) is 0 Å². The molecule has 2 fully saturated rings. The lowest BCUT2D eigenvalue weighted by Gasteiger charge is -2.53. The summed E-state index contributed by atoms with van der Waals surface area (Å²) in [6.45, 7) is 12.4. The Balaban J connectivity index is 2.06. The fourth-order valence-corrected chi connectivity index (χ4v) is 4.45. The summed E-state index contributed by atoms with van der Waals surface area (Å²) in [6.07, 6.45) is 7.55. The first-order valence-electron chi connectivity index (χ1n) is 8.75. The summed E-state index contributed by atoms with van der Waals surface area (Å²) in [5, 5.41) is 0. The normalized spacial score (nSPS) is 39.4. The molecule has 1 saturated carbocycles. The molecule has 1 aliphatic heterocycles. The average Bonchev–Trinajstić information content (AvgIpc) is 2.46. The van der Waals surface area contributed by atoms with Crippen LogP contribution in [0.2, 0.25) is 0 Å². The van der Waals surface area contributed by atoms with Gasteiger partial charge < -0.3 is 10.5 Å². The summed E-state index contributed by atoms with van der Waals surface area (Å²) >= 11 is 0. The van der Waals surface area contributed by atoms with Crippen molar-refractivity contribution >= 4 is 0 Å². The molecule has 1 aliphatic carbocycles. The van der Waals surface area contributed by atoms with Gasteiger partial charge in [0.15, 0.2) is 0 Å². The van der Waals surface area contributed by atoms with Crippen molar-refractivity contribution in [3.05, 3.63) is 0 Å². The van der Waals surface area contributed by atoms with Crippen LogP contribution in [-0.2, 0) is 4.74 Å². The molecule has 1 heterocycles. The summed E-state index contributed by atoms with van der Waals surface area (Å²) < 4.78 is 5.78. The highest BCUT2D eigenvalue weighted by molar-refractivity contribution is 5.01. The van der Waals surface area contributed by atoms with Crippen LogP contribution in [0.25, 0.3) is 0 Å². The minimum atomic E-state index is 0.0152. The zero-order valence-electron chi connectivity index (χ0n) is 14.9. The topological polar surface area (TPSA) is 38.5 Å². The van der Waals surface area contributed by atoms with Crippen LogP contribution < -0.4 is 5.73 Å². The molecule has 3 nitrogen and oxygen atoms in total. The van der Waals surface area contributed by atoms with Crippen LogP contribution in [0.3, 0.4) is 0 Å². The third-order valence-corrected chi connectivity index (χ3v) is 6.34. The van der Waals surface area contributed by atoms with Gasteiger partial charge in [0, 0.05) is 25.7 Å². The summed E-state index contributed by atoms with van der Waals surface area (Å²) in [6, 6.07) is 0. The molecule has 2 aliphatic rings. The van der Waals surface area contributed by atoms with Gasteiger partial charge in [-0.1, -0.05) is 20.8 Å². The molecule has 0 amide bonds. The Morgan fingerprint density at radius 2 is 1.81 bits per heavy atom. The van der Waals surface area contributed by atoms with Crippen molar-refractivity contribution < 1.29 is 4.74 Å². The van der Waals surface area contributed by atoms with E-state index in [1.807, 2.05) is 7.11 Å². The smallest absolute Gasteiger partial charge is 0.0777 e. The van der Waals surface area contributed by atoms with Gasteiger partial charge in [-0.3, -0.25) is 4.90 Å². The van der Waals surface area contributed by atoms with Gasteiger partial charge >= 0.3 is 0 Å². The number of hydrogen-bond donors (Lipinski definition) is 1. The van der Waals surface area contributed by atoms with Crippen molar-refractivity contribution in [2.24, 2.45) is 17.1 Å². The maximum Gasteiger partial charge on any atom is 0.0777 e. The summed E-state index contributed by atoms with van der Waals surface area (Å²) in [5.41, 5.74) is 6.94. The van der Waals surface area contributed by atoms with Gasteiger partial charge in [-0.25, -0.2) is 0 Å². The predicted octanol–water partition coefficient (Wildman–Crippen LogP) is 3.42. The van der Waals surface area contributed by atoms with E-state index >= 15 is 0 Å².